The lowest BCUT2D eigenvalue weighted by molar-refractivity contribution is 0.0955. The van der Waals surface area contributed by atoms with E-state index in [0.29, 0.717) is 11.5 Å². The minimum Gasteiger partial charge on any atom is -0.493 e. The fourth-order valence-electron chi connectivity index (χ4n) is 1.91. The van der Waals surface area contributed by atoms with Crippen molar-refractivity contribution in [2.45, 2.75) is 6.92 Å². The number of nitrogens with zero attached hydrogens (tertiary/aromatic N) is 2. The lowest BCUT2D eigenvalue weighted by Gasteiger charge is -2.10. The first-order valence-corrected chi connectivity index (χ1v) is 7.11. The summed E-state index contributed by atoms with van der Waals surface area (Å²) in [5.74, 6) is 0.784. The van der Waals surface area contributed by atoms with Gasteiger partial charge in [-0.1, -0.05) is 11.6 Å². The van der Waals surface area contributed by atoms with Crippen molar-refractivity contribution in [2.24, 2.45) is 5.10 Å². The average Bonchev–Trinajstić information content (AvgIpc) is 2.56. The number of amides is 1. The fraction of sp³-hybridized carbons (Fsp3) is 0.188. The van der Waals surface area contributed by atoms with E-state index in [4.69, 9.17) is 21.1 Å². The largest absolute Gasteiger partial charge is 0.493 e. The van der Waals surface area contributed by atoms with E-state index in [-0.39, 0.29) is 10.7 Å². The predicted octanol–water partition coefficient (Wildman–Crippen LogP) is 2.82. The zero-order valence-corrected chi connectivity index (χ0v) is 13.7. The highest BCUT2D eigenvalue weighted by Gasteiger charge is 2.10. The Morgan fingerprint density at radius 2 is 2.00 bits per heavy atom. The number of ether oxygens (including phenoxy) is 2. The third-order valence-corrected chi connectivity index (χ3v) is 3.45. The maximum absolute atomic E-state index is 12.0. The van der Waals surface area contributed by atoms with Gasteiger partial charge >= 0.3 is 0 Å². The molecule has 0 fully saturated rings. The molecule has 0 spiro atoms. The molecule has 0 unspecified atom stereocenters. The Morgan fingerprint density at radius 3 is 2.65 bits per heavy atom. The highest BCUT2D eigenvalue weighted by Crippen LogP contribution is 2.29. The molecule has 0 aliphatic heterocycles. The Morgan fingerprint density at radius 1 is 1.30 bits per heavy atom. The van der Waals surface area contributed by atoms with Gasteiger partial charge in [0.15, 0.2) is 11.5 Å². The van der Waals surface area contributed by atoms with Gasteiger partial charge < -0.3 is 9.47 Å². The molecule has 0 radical (unpaired) electrons. The summed E-state index contributed by atoms with van der Waals surface area (Å²) in [5, 5.41) is 4.07. The maximum Gasteiger partial charge on any atom is 0.274 e. The number of rotatable bonds is 5. The van der Waals surface area contributed by atoms with Crippen LogP contribution < -0.4 is 14.9 Å². The van der Waals surface area contributed by atoms with E-state index in [0.717, 1.165) is 11.1 Å². The number of hydrogen-bond acceptors (Lipinski definition) is 5. The minimum atomic E-state index is -0.433. The second-order valence-electron chi connectivity index (χ2n) is 4.60. The number of halogens is 1. The molecule has 1 N–H and O–H groups in total. The van der Waals surface area contributed by atoms with Crippen LogP contribution in [0.1, 0.15) is 21.5 Å². The lowest BCUT2D eigenvalue weighted by atomic mass is 10.1. The van der Waals surface area contributed by atoms with E-state index in [1.807, 2.05) is 13.0 Å². The molecule has 1 heterocycles. The van der Waals surface area contributed by atoms with Crippen molar-refractivity contribution < 1.29 is 14.3 Å². The number of pyridine rings is 1. The topological polar surface area (TPSA) is 72.8 Å². The third kappa shape index (κ3) is 3.98. The molecule has 0 saturated carbocycles. The Hall–Kier alpha value is -2.60. The van der Waals surface area contributed by atoms with E-state index < -0.39 is 5.91 Å². The fourth-order valence-corrected chi connectivity index (χ4v) is 2.12. The summed E-state index contributed by atoms with van der Waals surface area (Å²) in [7, 11) is 3.13. The summed E-state index contributed by atoms with van der Waals surface area (Å²) in [6, 6.07) is 6.81. The zero-order chi connectivity index (χ0) is 16.8. The van der Waals surface area contributed by atoms with Crippen LogP contribution in [0.4, 0.5) is 0 Å². The quantitative estimate of drug-likeness (QED) is 0.519. The van der Waals surface area contributed by atoms with Gasteiger partial charge in [0.25, 0.3) is 5.91 Å². The van der Waals surface area contributed by atoms with Gasteiger partial charge in [-0.05, 0) is 36.8 Å². The molecule has 0 aliphatic carbocycles. The number of aryl methyl sites for hydroxylation is 1. The van der Waals surface area contributed by atoms with E-state index in [2.05, 4.69) is 15.5 Å². The highest BCUT2D eigenvalue weighted by atomic mass is 35.5. The number of hydrazone groups is 1. The summed E-state index contributed by atoms with van der Waals surface area (Å²) in [5.41, 5.74) is 4.40. The molecule has 1 aromatic heterocycles. The van der Waals surface area contributed by atoms with Crippen molar-refractivity contribution in [3.05, 3.63) is 52.3 Å². The molecule has 2 rings (SSSR count). The smallest absolute Gasteiger partial charge is 0.274 e. The van der Waals surface area contributed by atoms with Crippen LogP contribution in [0.2, 0.25) is 5.15 Å². The number of nitrogens with one attached hydrogen (secondary N) is 1. The van der Waals surface area contributed by atoms with E-state index >= 15 is 0 Å². The van der Waals surface area contributed by atoms with Gasteiger partial charge in [0, 0.05) is 11.8 Å². The van der Waals surface area contributed by atoms with Gasteiger partial charge in [0.05, 0.1) is 26.0 Å². The van der Waals surface area contributed by atoms with E-state index in [1.165, 1.54) is 12.4 Å². The van der Waals surface area contributed by atoms with Crippen LogP contribution in [0, 0.1) is 6.92 Å². The van der Waals surface area contributed by atoms with Crippen LogP contribution in [0.25, 0.3) is 0 Å². The molecule has 0 atom stereocenters. The van der Waals surface area contributed by atoms with Crippen molar-refractivity contribution in [1.82, 2.24) is 10.4 Å². The van der Waals surface area contributed by atoms with Crippen molar-refractivity contribution in [3.63, 3.8) is 0 Å². The SMILES string of the molecule is COc1cc(C)c(C=NNC(=O)c2cccnc2Cl)cc1OC. The van der Waals surface area contributed by atoms with Gasteiger partial charge in [-0.3, -0.25) is 4.79 Å². The molecule has 0 bridgehead atoms. The van der Waals surface area contributed by atoms with Crippen LogP contribution in [-0.2, 0) is 0 Å². The molecule has 120 valence electrons. The number of carbonyl (C=O) groups is 1. The minimum absolute atomic E-state index is 0.127. The first-order chi connectivity index (χ1) is 11.1. The number of benzene rings is 1. The first kappa shape index (κ1) is 16.8. The van der Waals surface area contributed by atoms with Crippen LogP contribution in [0.5, 0.6) is 11.5 Å². The highest BCUT2D eigenvalue weighted by molar-refractivity contribution is 6.32. The normalized spacial score (nSPS) is 10.6. The van der Waals surface area contributed by atoms with Gasteiger partial charge in [-0.25, -0.2) is 10.4 Å². The molecule has 1 aromatic carbocycles. The molecule has 1 amide bonds. The van der Waals surface area contributed by atoms with Gasteiger partial charge in [-0.15, -0.1) is 0 Å². The number of methoxy groups -OCH3 is 2. The molecule has 7 heteroatoms. The summed E-state index contributed by atoms with van der Waals surface area (Å²) in [4.78, 5) is 15.8. The number of aromatic nitrogens is 1. The zero-order valence-electron chi connectivity index (χ0n) is 13.0. The predicted molar refractivity (Wildman–Crippen MR) is 88.6 cm³/mol. The van der Waals surface area contributed by atoms with Gasteiger partial charge in [-0.2, -0.15) is 5.10 Å². The van der Waals surface area contributed by atoms with Gasteiger partial charge in [0.1, 0.15) is 5.15 Å². The Kier molecular flexibility index (Phi) is 5.54. The summed E-state index contributed by atoms with van der Waals surface area (Å²) in [6.45, 7) is 1.91. The lowest BCUT2D eigenvalue weighted by Crippen LogP contribution is -2.18. The number of hydrogen-bond donors (Lipinski definition) is 1. The van der Waals surface area contributed by atoms with Crippen molar-refractivity contribution in [1.29, 1.82) is 0 Å². The molecule has 6 nitrogen and oxygen atoms in total. The van der Waals surface area contributed by atoms with Crippen LogP contribution >= 0.6 is 11.6 Å². The molecular weight excluding hydrogens is 318 g/mol. The molecular formula is C16H16ClN3O3. The first-order valence-electron chi connectivity index (χ1n) is 6.73. The van der Waals surface area contributed by atoms with E-state index in [9.17, 15) is 4.79 Å². The van der Waals surface area contributed by atoms with Gasteiger partial charge in [0.2, 0.25) is 0 Å². The van der Waals surface area contributed by atoms with Crippen molar-refractivity contribution in [3.8, 4) is 11.5 Å². The Labute approximate surface area is 139 Å². The Balaban J connectivity index is 2.15. The Bertz CT molecular complexity index is 747. The molecule has 23 heavy (non-hydrogen) atoms. The molecule has 2 aromatic rings. The average molecular weight is 334 g/mol. The standard InChI is InChI=1S/C16H16ClN3O3/c1-10-7-13(22-2)14(23-3)8-11(10)9-19-20-16(21)12-5-4-6-18-15(12)17/h4-9H,1-3H3,(H,20,21). The van der Waals surface area contributed by atoms with Crippen molar-refractivity contribution in [2.75, 3.05) is 14.2 Å². The summed E-state index contributed by atoms with van der Waals surface area (Å²) >= 11 is 5.86. The number of carbonyl (C=O) groups excluding carboxylic acids is 1. The second kappa shape index (κ2) is 7.60. The summed E-state index contributed by atoms with van der Waals surface area (Å²) in [6.07, 6.45) is 3.04. The second-order valence-corrected chi connectivity index (χ2v) is 4.96. The van der Waals surface area contributed by atoms with E-state index in [1.54, 1.807) is 32.4 Å². The van der Waals surface area contributed by atoms with Crippen LogP contribution in [0.15, 0.2) is 35.6 Å². The van der Waals surface area contributed by atoms with Crippen molar-refractivity contribution >= 4 is 23.7 Å². The monoisotopic (exact) mass is 333 g/mol. The maximum atomic E-state index is 12.0. The molecule has 0 aliphatic rings. The summed E-state index contributed by atoms with van der Waals surface area (Å²) < 4.78 is 10.5. The van der Waals surface area contributed by atoms with Crippen LogP contribution in [-0.4, -0.2) is 31.3 Å². The third-order valence-electron chi connectivity index (χ3n) is 3.15. The van der Waals surface area contributed by atoms with Crippen LogP contribution in [0.3, 0.4) is 0 Å². The molecule has 0 saturated heterocycles.